The molecule has 0 rings (SSSR count). The molecule has 0 spiro atoms. The largest absolute Gasteiger partial charge is 0.315 e. The van der Waals surface area contributed by atoms with Crippen LogP contribution in [0.2, 0.25) is 0 Å². The van der Waals surface area contributed by atoms with Gasteiger partial charge in [0, 0.05) is 12.6 Å². The summed E-state index contributed by atoms with van der Waals surface area (Å²) in [6.07, 6.45) is 3.89. The molecule has 2 unspecified atom stereocenters. The Labute approximate surface area is 96.4 Å². The molecule has 2 atom stereocenters. The molecule has 0 heterocycles. The predicted molar refractivity (Wildman–Crippen MR) is 69.3 cm³/mol. The Hall–Kier alpha value is -0.0800. The lowest BCUT2D eigenvalue weighted by Crippen LogP contribution is -2.29. The maximum atomic E-state index is 3.45. The Morgan fingerprint density at radius 3 is 2.40 bits per heavy atom. The summed E-state index contributed by atoms with van der Waals surface area (Å²) in [4.78, 5) is 2.47. The Bertz CT molecular complexity index is 136. The minimum absolute atomic E-state index is 0.673. The molecule has 0 fully saturated rings. The normalized spacial score (nSPS) is 15.6. The number of hydrogen-bond acceptors (Lipinski definition) is 2. The van der Waals surface area contributed by atoms with E-state index in [4.69, 9.17) is 0 Å². The highest BCUT2D eigenvalue weighted by Gasteiger charge is 2.05. The van der Waals surface area contributed by atoms with E-state index in [0.29, 0.717) is 6.04 Å². The third kappa shape index (κ3) is 8.88. The molecule has 1 N–H and O–H groups in total. The van der Waals surface area contributed by atoms with Gasteiger partial charge in [-0.1, -0.05) is 27.2 Å². The first kappa shape index (κ1) is 14.9. The topological polar surface area (TPSA) is 15.3 Å². The van der Waals surface area contributed by atoms with Crippen molar-refractivity contribution in [1.29, 1.82) is 0 Å². The van der Waals surface area contributed by atoms with Gasteiger partial charge in [-0.25, -0.2) is 0 Å². The van der Waals surface area contributed by atoms with E-state index in [1.54, 1.807) is 0 Å². The Morgan fingerprint density at radius 1 is 1.20 bits per heavy atom. The van der Waals surface area contributed by atoms with Crippen LogP contribution >= 0.6 is 0 Å². The highest BCUT2D eigenvalue weighted by atomic mass is 15.1. The molecule has 0 aromatic heterocycles. The molecule has 0 aliphatic carbocycles. The van der Waals surface area contributed by atoms with Gasteiger partial charge in [0.1, 0.15) is 0 Å². The van der Waals surface area contributed by atoms with Gasteiger partial charge in [-0.15, -0.1) is 0 Å². The summed E-state index contributed by atoms with van der Waals surface area (Å²) in [5, 5.41) is 3.45. The monoisotopic (exact) mass is 214 g/mol. The Kier molecular flexibility index (Phi) is 9.12. The molecule has 2 nitrogen and oxygen atoms in total. The number of nitrogens with zero attached hydrogens (tertiary/aromatic N) is 1. The van der Waals surface area contributed by atoms with Gasteiger partial charge in [-0.2, -0.15) is 0 Å². The van der Waals surface area contributed by atoms with Gasteiger partial charge < -0.3 is 10.2 Å². The summed E-state index contributed by atoms with van der Waals surface area (Å²) < 4.78 is 0. The molecule has 0 radical (unpaired) electrons. The smallest absolute Gasteiger partial charge is 0.00390 e. The van der Waals surface area contributed by atoms with Gasteiger partial charge in [0.05, 0.1) is 0 Å². The summed E-state index contributed by atoms with van der Waals surface area (Å²) in [5.74, 6) is 0.834. The van der Waals surface area contributed by atoms with Crippen molar-refractivity contribution in [2.24, 2.45) is 5.92 Å². The van der Waals surface area contributed by atoms with Gasteiger partial charge in [0.25, 0.3) is 0 Å². The number of nitrogens with one attached hydrogen (secondary N) is 1. The van der Waals surface area contributed by atoms with E-state index in [2.05, 4.69) is 45.0 Å². The molecule has 92 valence electrons. The first-order valence-electron chi connectivity index (χ1n) is 6.52. The van der Waals surface area contributed by atoms with Crippen LogP contribution in [0.3, 0.4) is 0 Å². The van der Waals surface area contributed by atoms with Crippen molar-refractivity contribution in [2.75, 3.05) is 26.7 Å². The molecule has 0 saturated carbocycles. The maximum Gasteiger partial charge on any atom is 0.00390 e. The van der Waals surface area contributed by atoms with Crippen LogP contribution in [0.4, 0.5) is 0 Å². The van der Waals surface area contributed by atoms with Crippen LogP contribution in [-0.2, 0) is 0 Å². The van der Waals surface area contributed by atoms with E-state index >= 15 is 0 Å². The Balaban J connectivity index is 3.41. The van der Waals surface area contributed by atoms with Gasteiger partial charge in [0.2, 0.25) is 0 Å². The first-order valence-corrected chi connectivity index (χ1v) is 6.52. The second-order valence-electron chi connectivity index (χ2n) is 4.88. The fourth-order valence-corrected chi connectivity index (χ4v) is 1.87. The minimum atomic E-state index is 0.673. The molecular weight excluding hydrogens is 184 g/mol. The molecule has 0 aromatic rings. The predicted octanol–water partition coefficient (Wildman–Crippen LogP) is 2.74. The van der Waals surface area contributed by atoms with E-state index < -0.39 is 0 Å². The molecule has 0 saturated heterocycles. The quantitative estimate of drug-likeness (QED) is 0.635. The summed E-state index contributed by atoms with van der Waals surface area (Å²) in [6.45, 7) is 12.6. The van der Waals surface area contributed by atoms with Crippen molar-refractivity contribution in [2.45, 2.75) is 53.0 Å². The van der Waals surface area contributed by atoms with E-state index in [0.717, 1.165) is 12.5 Å². The summed E-state index contributed by atoms with van der Waals surface area (Å²) in [6, 6.07) is 0.673. The molecule has 0 bridgehead atoms. The first-order chi connectivity index (χ1) is 7.10. The fourth-order valence-electron chi connectivity index (χ4n) is 1.87. The van der Waals surface area contributed by atoms with Gasteiger partial charge in [-0.05, 0) is 45.8 Å². The van der Waals surface area contributed by atoms with E-state index in [-0.39, 0.29) is 0 Å². The maximum absolute atomic E-state index is 3.45. The van der Waals surface area contributed by atoms with Crippen LogP contribution in [-0.4, -0.2) is 37.6 Å². The van der Waals surface area contributed by atoms with Crippen LogP contribution < -0.4 is 5.32 Å². The average molecular weight is 214 g/mol. The highest BCUT2D eigenvalue weighted by molar-refractivity contribution is 4.62. The summed E-state index contributed by atoms with van der Waals surface area (Å²) >= 11 is 0. The van der Waals surface area contributed by atoms with Crippen LogP contribution in [0.15, 0.2) is 0 Å². The lowest BCUT2D eigenvalue weighted by Gasteiger charge is -2.21. The molecule has 0 aliphatic heterocycles. The second kappa shape index (κ2) is 9.17. The van der Waals surface area contributed by atoms with Crippen molar-refractivity contribution >= 4 is 0 Å². The minimum Gasteiger partial charge on any atom is -0.315 e. The molecule has 0 aromatic carbocycles. The van der Waals surface area contributed by atoms with Crippen molar-refractivity contribution in [3.8, 4) is 0 Å². The van der Waals surface area contributed by atoms with Gasteiger partial charge in [-0.3, -0.25) is 0 Å². The fraction of sp³-hybridized carbons (Fsp3) is 1.00. The van der Waals surface area contributed by atoms with Crippen molar-refractivity contribution in [3.63, 3.8) is 0 Å². The third-order valence-corrected chi connectivity index (χ3v) is 3.05. The number of rotatable bonds is 9. The molecule has 2 heteroatoms. The molecule has 0 amide bonds. The van der Waals surface area contributed by atoms with E-state index in [9.17, 15) is 0 Å². The van der Waals surface area contributed by atoms with Gasteiger partial charge >= 0.3 is 0 Å². The SMILES string of the molecule is CCNC(C)CCCN(C)CC(C)CC. The summed E-state index contributed by atoms with van der Waals surface area (Å²) in [7, 11) is 2.24. The third-order valence-electron chi connectivity index (χ3n) is 3.05. The summed E-state index contributed by atoms with van der Waals surface area (Å²) in [5.41, 5.74) is 0. The molecular formula is C13H30N2. The second-order valence-corrected chi connectivity index (χ2v) is 4.88. The average Bonchev–Trinajstić information content (AvgIpc) is 2.18. The zero-order chi connectivity index (χ0) is 11.7. The standard InChI is InChI=1S/C13H30N2/c1-6-12(3)11-15(5)10-8-9-13(4)14-7-2/h12-14H,6-11H2,1-5H3. The lowest BCUT2D eigenvalue weighted by molar-refractivity contribution is 0.273. The molecule has 0 aliphatic rings. The zero-order valence-corrected chi connectivity index (χ0v) is 11.3. The van der Waals surface area contributed by atoms with Crippen molar-refractivity contribution in [3.05, 3.63) is 0 Å². The van der Waals surface area contributed by atoms with E-state index in [1.807, 2.05) is 0 Å². The van der Waals surface area contributed by atoms with Gasteiger partial charge in [0.15, 0.2) is 0 Å². The van der Waals surface area contributed by atoms with Crippen molar-refractivity contribution in [1.82, 2.24) is 10.2 Å². The van der Waals surface area contributed by atoms with Crippen LogP contribution in [0.5, 0.6) is 0 Å². The zero-order valence-electron chi connectivity index (χ0n) is 11.3. The molecule has 15 heavy (non-hydrogen) atoms. The number of hydrogen-bond donors (Lipinski definition) is 1. The van der Waals surface area contributed by atoms with E-state index in [1.165, 1.54) is 32.4 Å². The lowest BCUT2D eigenvalue weighted by atomic mass is 10.1. The van der Waals surface area contributed by atoms with Crippen LogP contribution in [0.1, 0.15) is 47.0 Å². The van der Waals surface area contributed by atoms with Crippen LogP contribution in [0.25, 0.3) is 0 Å². The van der Waals surface area contributed by atoms with Crippen LogP contribution in [0, 0.1) is 5.92 Å². The highest BCUT2D eigenvalue weighted by Crippen LogP contribution is 2.04. The van der Waals surface area contributed by atoms with Crippen molar-refractivity contribution < 1.29 is 0 Å². The Morgan fingerprint density at radius 2 is 1.87 bits per heavy atom.